The van der Waals surface area contributed by atoms with E-state index in [0.29, 0.717) is 19.4 Å². The lowest BCUT2D eigenvalue weighted by Crippen LogP contribution is -2.45. The molecule has 6 nitrogen and oxygen atoms in total. The number of nitrogens with one attached hydrogen (secondary N) is 1. The molecule has 1 amide bonds. The van der Waals surface area contributed by atoms with Gasteiger partial charge in [0.1, 0.15) is 0 Å². The van der Waals surface area contributed by atoms with E-state index in [1.807, 2.05) is 6.08 Å². The number of aliphatic hydroxyl groups excluding tert-OH is 2. The summed E-state index contributed by atoms with van der Waals surface area (Å²) in [4.78, 5) is 24.6. The lowest BCUT2D eigenvalue weighted by Gasteiger charge is -2.20. The van der Waals surface area contributed by atoms with Crippen LogP contribution in [0.3, 0.4) is 0 Å². The number of unbranched alkanes of at least 4 members (excludes halogenated alkanes) is 49. The summed E-state index contributed by atoms with van der Waals surface area (Å²) in [6, 6.07) is -0.631. The maximum absolute atomic E-state index is 12.5. The second-order valence-electron chi connectivity index (χ2n) is 22.1. The fourth-order valence-corrected chi connectivity index (χ4v) is 10.2. The number of rotatable bonds is 60. The van der Waals surface area contributed by atoms with Crippen LogP contribution in [0.5, 0.6) is 0 Å². The number of allylic oxidation sites excluding steroid dienone is 1. The van der Waals surface area contributed by atoms with Crippen molar-refractivity contribution in [3.8, 4) is 0 Å². The van der Waals surface area contributed by atoms with E-state index in [4.69, 9.17) is 4.74 Å². The second-order valence-corrected chi connectivity index (χ2v) is 22.1. The molecule has 0 saturated heterocycles. The molecule has 0 rings (SSSR count). The molecule has 0 heterocycles. The van der Waals surface area contributed by atoms with Crippen molar-refractivity contribution >= 4 is 11.9 Å². The van der Waals surface area contributed by atoms with E-state index in [2.05, 4.69) is 19.2 Å². The molecule has 0 saturated carbocycles. The second kappa shape index (κ2) is 60.2. The van der Waals surface area contributed by atoms with Crippen LogP contribution in [-0.2, 0) is 14.3 Å². The highest BCUT2D eigenvalue weighted by Gasteiger charge is 2.18. The van der Waals surface area contributed by atoms with Crippen molar-refractivity contribution in [2.24, 2.45) is 0 Å². The van der Waals surface area contributed by atoms with Crippen molar-refractivity contribution < 1.29 is 24.5 Å². The lowest BCUT2D eigenvalue weighted by atomic mass is 10.0. The number of carbonyl (C=O) groups is 2. The van der Waals surface area contributed by atoms with Crippen molar-refractivity contribution in [2.45, 2.75) is 373 Å². The number of amides is 1. The molecular formula is C64H125NO5. The van der Waals surface area contributed by atoms with E-state index in [-0.39, 0.29) is 18.5 Å². The normalized spacial score (nSPS) is 12.6. The number of esters is 1. The smallest absolute Gasteiger partial charge is 0.305 e. The van der Waals surface area contributed by atoms with E-state index >= 15 is 0 Å². The molecule has 3 N–H and O–H groups in total. The summed E-state index contributed by atoms with van der Waals surface area (Å²) in [5.41, 5.74) is 0. The van der Waals surface area contributed by atoms with Crippen molar-refractivity contribution in [3.05, 3.63) is 12.2 Å². The molecule has 0 radical (unpaired) electrons. The number of hydrogen-bond donors (Lipinski definition) is 3. The monoisotopic (exact) mass is 988 g/mol. The summed E-state index contributed by atoms with van der Waals surface area (Å²) in [5.74, 6) is -0.0582. The van der Waals surface area contributed by atoms with Gasteiger partial charge in [0, 0.05) is 12.8 Å². The fourth-order valence-electron chi connectivity index (χ4n) is 10.2. The zero-order chi connectivity index (χ0) is 50.7. The van der Waals surface area contributed by atoms with Crippen LogP contribution in [0.15, 0.2) is 12.2 Å². The van der Waals surface area contributed by atoms with Crippen molar-refractivity contribution in [2.75, 3.05) is 13.2 Å². The maximum Gasteiger partial charge on any atom is 0.305 e. The zero-order valence-electron chi connectivity index (χ0n) is 47.5. The highest BCUT2D eigenvalue weighted by atomic mass is 16.5. The molecule has 0 bridgehead atoms. The van der Waals surface area contributed by atoms with E-state index < -0.39 is 12.1 Å². The summed E-state index contributed by atoms with van der Waals surface area (Å²) in [6.07, 6.45) is 72.5. The van der Waals surface area contributed by atoms with Crippen LogP contribution in [0.1, 0.15) is 361 Å². The molecule has 0 aromatic heterocycles. The fraction of sp³-hybridized carbons (Fsp3) is 0.938. The van der Waals surface area contributed by atoms with Crippen LogP contribution in [0.4, 0.5) is 0 Å². The Balaban J connectivity index is 3.43. The molecule has 416 valence electrons. The predicted octanol–water partition coefficient (Wildman–Crippen LogP) is 20.0. The first kappa shape index (κ1) is 68.6. The molecule has 0 aliphatic heterocycles. The quantitative estimate of drug-likeness (QED) is 0.0321. The first-order valence-corrected chi connectivity index (χ1v) is 32.0. The van der Waals surface area contributed by atoms with Crippen molar-refractivity contribution in [3.63, 3.8) is 0 Å². The largest absolute Gasteiger partial charge is 0.466 e. The first-order valence-electron chi connectivity index (χ1n) is 32.0. The van der Waals surface area contributed by atoms with Gasteiger partial charge in [-0.3, -0.25) is 9.59 Å². The molecule has 2 unspecified atom stereocenters. The zero-order valence-corrected chi connectivity index (χ0v) is 47.5. The molecule has 2 atom stereocenters. The third-order valence-corrected chi connectivity index (χ3v) is 15.1. The molecule has 0 spiro atoms. The third kappa shape index (κ3) is 55.9. The van der Waals surface area contributed by atoms with Gasteiger partial charge in [-0.25, -0.2) is 0 Å². The molecular weight excluding hydrogens is 863 g/mol. The molecule has 0 aliphatic rings. The van der Waals surface area contributed by atoms with Crippen LogP contribution in [0.2, 0.25) is 0 Å². The minimum atomic E-state index is -0.847. The van der Waals surface area contributed by atoms with E-state index in [1.165, 1.54) is 295 Å². The molecule has 6 heteroatoms. The summed E-state index contributed by atoms with van der Waals surface area (Å²) in [7, 11) is 0. The number of aliphatic hydroxyl groups is 2. The topological polar surface area (TPSA) is 95.9 Å². The Bertz CT molecular complexity index is 1050. The molecule has 0 aromatic carbocycles. The van der Waals surface area contributed by atoms with Crippen LogP contribution >= 0.6 is 0 Å². The van der Waals surface area contributed by atoms with Crippen LogP contribution in [0, 0.1) is 0 Å². The van der Waals surface area contributed by atoms with Crippen LogP contribution in [0.25, 0.3) is 0 Å². The van der Waals surface area contributed by atoms with Crippen molar-refractivity contribution in [1.82, 2.24) is 5.32 Å². The minimum Gasteiger partial charge on any atom is -0.466 e. The van der Waals surface area contributed by atoms with Gasteiger partial charge in [-0.1, -0.05) is 328 Å². The molecule has 0 aromatic rings. The summed E-state index contributed by atoms with van der Waals surface area (Å²) >= 11 is 0. The predicted molar refractivity (Wildman–Crippen MR) is 306 cm³/mol. The Kier molecular flexibility index (Phi) is 59.0. The molecule has 0 fully saturated rings. The van der Waals surface area contributed by atoms with Gasteiger partial charge < -0.3 is 20.3 Å². The molecule has 70 heavy (non-hydrogen) atoms. The maximum atomic E-state index is 12.5. The van der Waals surface area contributed by atoms with Crippen molar-refractivity contribution in [1.29, 1.82) is 0 Å². The highest BCUT2D eigenvalue weighted by Crippen LogP contribution is 2.18. The van der Waals surface area contributed by atoms with Gasteiger partial charge >= 0.3 is 5.97 Å². The van der Waals surface area contributed by atoms with Crippen LogP contribution in [-0.4, -0.2) is 47.4 Å². The van der Waals surface area contributed by atoms with E-state index in [9.17, 15) is 19.8 Å². The van der Waals surface area contributed by atoms with Gasteiger partial charge in [-0.15, -0.1) is 0 Å². The average molecular weight is 989 g/mol. The average Bonchev–Trinajstić information content (AvgIpc) is 3.36. The summed E-state index contributed by atoms with van der Waals surface area (Å²) in [6.45, 7) is 4.93. The Morgan fingerprint density at radius 3 is 0.971 bits per heavy atom. The van der Waals surface area contributed by atoms with Gasteiger partial charge in [0.05, 0.1) is 25.4 Å². The Labute approximate surface area is 438 Å². The summed E-state index contributed by atoms with van der Waals surface area (Å²) < 4.78 is 5.48. The molecule has 0 aliphatic carbocycles. The standard InChI is InChI=1S/C64H125NO5/c1-3-5-7-9-11-13-15-17-19-20-21-22-23-26-29-32-36-40-44-48-52-56-62(67)61(60-66)65-63(68)57-53-49-45-41-37-33-30-27-24-25-28-31-35-39-43-47-51-55-59-70-64(69)58-54-50-46-42-38-34-18-16-14-12-10-8-6-4-2/h52,56,61-62,66-67H,3-51,53-55,57-60H2,1-2H3,(H,65,68)/b56-52+. The van der Waals surface area contributed by atoms with Gasteiger partial charge in [0.2, 0.25) is 5.91 Å². The van der Waals surface area contributed by atoms with E-state index in [0.717, 1.165) is 38.5 Å². The van der Waals surface area contributed by atoms with E-state index in [1.54, 1.807) is 6.08 Å². The SMILES string of the molecule is CCCCCCCCCCCCCCCCCCCCC/C=C/C(O)C(CO)NC(=O)CCCCCCCCCCCCCCCCCCCCOC(=O)CCCCCCCCCCCCCCCC. The number of ether oxygens (including phenoxy) is 1. The van der Waals surface area contributed by atoms with Gasteiger partial charge in [0.25, 0.3) is 0 Å². The lowest BCUT2D eigenvalue weighted by molar-refractivity contribution is -0.143. The van der Waals surface area contributed by atoms with Gasteiger partial charge in [0.15, 0.2) is 0 Å². The number of hydrogen-bond acceptors (Lipinski definition) is 5. The number of carbonyl (C=O) groups excluding carboxylic acids is 2. The van der Waals surface area contributed by atoms with Crippen LogP contribution < -0.4 is 5.32 Å². The summed E-state index contributed by atoms with van der Waals surface area (Å²) in [5, 5.41) is 23.2. The minimum absolute atomic E-state index is 0.00972. The Hall–Kier alpha value is -1.40. The Morgan fingerprint density at radius 1 is 0.386 bits per heavy atom. The van der Waals surface area contributed by atoms with Gasteiger partial charge in [-0.2, -0.15) is 0 Å². The first-order chi connectivity index (χ1) is 34.5. The Morgan fingerprint density at radius 2 is 0.657 bits per heavy atom. The third-order valence-electron chi connectivity index (χ3n) is 15.1. The van der Waals surface area contributed by atoms with Gasteiger partial charge in [-0.05, 0) is 32.1 Å². The highest BCUT2D eigenvalue weighted by molar-refractivity contribution is 5.76.